The Morgan fingerprint density at radius 3 is 2.53 bits per heavy atom. The molecule has 1 amide bonds. The molecule has 102 valence electrons. The Labute approximate surface area is 112 Å². The van der Waals surface area contributed by atoms with Gasteiger partial charge >= 0.3 is 0 Å². The van der Waals surface area contributed by atoms with Crippen molar-refractivity contribution in [3.8, 4) is 0 Å². The number of amides is 1. The molecule has 0 aromatic carbocycles. The van der Waals surface area contributed by atoms with Gasteiger partial charge in [0.15, 0.2) is 5.82 Å². The Bertz CT molecular complexity index is 481. The van der Waals surface area contributed by atoms with E-state index in [9.17, 15) is 4.79 Å². The van der Waals surface area contributed by atoms with Crippen LogP contribution in [0.3, 0.4) is 0 Å². The van der Waals surface area contributed by atoms with Gasteiger partial charge < -0.3 is 9.80 Å². The molecule has 0 radical (unpaired) electrons. The first-order chi connectivity index (χ1) is 8.99. The van der Waals surface area contributed by atoms with Gasteiger partial charge in [-0.2, -0.15) is 5.10 Å². The molecule has 1 aromatic rings. The van der Waals surface area contributed by atoms with Gasteiger partial charge in [-0.05, 0) is 12.1 Å². The minimum atomic E-state index is -0.375. The van der Waals surface area contributed by atoms with Crippen molar-refractivity contribution < 1.29 is 4.79 Å². The first-order valence-electron chi connectivity index (χ1n) is 5.66. The molecule has 0 unspecified atom stereocenters. The highest BCUT2D eigenvalue weighted by Gasteiger charge is 2.06. The molecule has 0 aliphatic carbocycles. The van der Waals surface area contributed by atoms with E-state index in [4.69, 9.17) is 0 Å². The predicted octanol–water partition coefficient (Wildman–Crippen LogP) is 0.538. The molecular formula is C12H18N6O. The van der Waals surface area contributed by atoms with E-state index in [1.807, 2.05) is 28.2 Å². The lowest BCUT2D eigenvalue weighted by molar-refractivity contribution is 0.0950. The number of hydrazone groups is 1. The maximum Gasteiger partial charge on any atom is 0.290 e. The zero-order chi connectivity index (χ0) is 14.3. The Morgan fingerprint density at radius 1 is 1.21 bits per heavy atom. The summed E-state index contributed by atoms with van der Waals surface area (Å²) in [6, 6.07) is 5.05. The van der Waals surface area contributed by atoms with E-state index in [1.54, 1.807) is 34.3 Å². The maximum atomic E-state index is 11.7. The number of pyridine rings is 1. The molecule has 0 aliphatic heterocycles. The number of carbonyl (C=O) groups excluding carboxylic acids is 1. The van der Waals surface area contributed by atoms with Crippen molar-refractivity contribution in [2.24, 2.45) is 10.1 Å². The highest BCUT2D eigenvalue weighted by atomic mass is 16.2. The fourth-order valence-corrected chi connectivity index (χ4v) is 1.06. The topological polar surface area (TPSA) is 73.2 Å². The number of rotatable bonds is 5. The number of carbonyl (C=O) groups is 1. The van der Waals surface area contributed by atoms with E-state index >= 15 is 0 Å². The van der Waals surface area contributed by atoms with Crippen LogP contribution in [0.2, 0.25) is 0 Å². The standard InChI is InChI=1S/C12H18N6O/c1-17(2)8-13-11-7-5-6-10(15-11)12(19)16-14-9-18(3)4/h5-9H,1-4H3,(H,16,19)/b13-8?,14-9+. The molecule has 0 saturated heterocycles. The van der Waals surface area contributed by atoms with Gasteiger partial charge in [0.2, 0.25) is 0 Å². The number of aromatic nitrogens is 1. The summed E-state index contributed by atoms with van der Waals surface area (Å²) in [5.74, 6) is 0.0953. The number of aliphatic imine (C=N–C) groups is 1. The summed E-state index contributed by atoms with van der Waals surface area (Å²) in [7, 11) is 7.33. The molecule has 19 heavy (non-hydrogen) atoms. The minimum absolute atomic E-state index is 0.268. The Morgan fingerprint density at radius 2 is 1.89 bits per heavy atom. The van der Waals surface area contributed by atoms with E-state index in [0.717, 1.165) is 0 Å². The molecule has 0 fully saturated rings. The van der Waals surface area contributed by atoms with E-state index < -0.39 is 0 Å². The van der Waals surface area contributed by atoms with Crippen LogP contribution in [0.25, 0.3) is 0 Å². The summed E-state index contributed by atoms with van der Waals surface area (Å²) in [5, 5.41) is 3.77. The average Bonchev–Trinajstić information content (AvgIpc) is 2.36. The monoisotopic (exact) mass is 262 g/mol. The lowest BCUT2D eigenvalue weighted by Crippen LogP contribution is -2.21. The maximum absolute atomic E-state index is 11.7. The van der Waals surface area contributed by atoms with Crippen molar-refractivity contribution in [2.75, 3.05) is 28.2 Å². The van der Waals surface area contributed by atoms with Gasteiger partial charge in [-0.15, -0.1) is 0 Å². The molecule has 0 atom stereocenters. The van der Waals surface area contributed by atoms with Crippen LogP contribution < -0.4 is 5.43 Å². The van der Waals surface area contributed by atoms with Crippen molar-refractivity contribution in [3.05, 3.63) is 23.9 Å². The molecule has 7 nitrogen and oxygen atoms in total. The quantitative estimate of drug-likeness (QED) is 0.477. The summed E-state index contributed by atoms with van der Waals surface area (Å²) in [6.07, 6.45) is 3.11. The SMILES string of the molecule is CN(C)C=Nc1cccc(C(=O)N/N=C/N(C)C)n1. The molecule has 0 bridgehead atoms. The van der Waals surface area contributed by atoms with Crippen molar-refractivity contribution in [1.82, 2.24) is 20.2 Å². The summed E-state index contributed by atoms with van der Waals surface area (Å²) in [6.45, 7) is 0. The van der Waals surface area contributed by atoms with Crippen LogP contribution in [0.5, 0.6) is 0 Å². The number of hydrogen-bond acceptors (Lipinski definition) is 4. The molecule has 1 N–H and O–H groups in total. The van der Waals surface area contributed by atoms with Crippen LogP contribution in [-0.2, 0) is 0 Å². The second kappa shape index (κ2) is 7.10. The third-order valence-corrected chi connectivity index (χ3v) is 1.84. The second-order valence-electron chi connectivity index (χ2n) is 4.24. The molecular weight excluding hydrogens is 244 g/mol. The first-order valence-corrected chi connectivity index (χ1v) is 5.66. The van der Waals surface area contributed by atoms with Crippen LogP contribution in [0.15, 0.2) is 28.3 Å². The summed E-state index contributed by atoms with van der Waals surface area (Å²) >= 11 is 0. The zero-order valence-corrected chi connectivity index (χ0v) is 11.5. The van der Waals surface area contributed by atoms with E-state index in [-0.39, 0.29) is 11.6 Å². The van der Waals surface area contributed by atoms with Gasteiger partial charge in [-0.3, -0.25) is 4.79 Å². The smallest absolute Gasteiger partial charge is 0.290 e. The molecule has 0 spiro atoms. The molecule has 7 heteroatoms. The lowest BCUT2D eigenvalue weighted by atomic mass is 10.3. The van der Waals surface area contributed by atoms with Gasteiger partial charge in [-0.25, -0.2) is 15.4 Å². The van der Waals surface area contributed by atoms with Crippen molar-refractivity contribution in [2.45, 2.75) is 0 Å². The number of nitrogens with zero attached hydrogens (tertiary/aromatic N) is 5. The third-order valence-electron chi connectivity index (χ3n) is 1.84. The molecule has 0 saturated carbocycles. The van der Waals surface area contributed by atoms with Crippen LogP contribution in [0, 0.1) is 0 Å². The van der Waals surface area contributed by atoms with Gasteiger partial charge in [0, 0.05) is 28.2 Å². The van der Waals surface area contributed by atoms with Gasteiger partial charge in [0.1, 0.15) is 12.0 Å². The largest absolute Gasteiger partial charge is 0.369 e. The Kier molecular flexibility index (Phi) is 5.46. The van der Waals surface area contributed by atoms with E-state index in [0.29, 0.717) is 5.82 Å². The van der Waals surface area contributed by atoms with E-state index in [1.165, 1.54) is 6.34 Å². The Hall–Kier alpha value is -2.44. The fourth-order valence-electron chi connectivity index (χ4n) is 1.06. The van der Waals surface area contributed by atoms with Crippen molar-refractivity contribution in [1.29, 1.82) is 0 Å². The predicted molar refractivity (Wildman–Crippen MR) is 75.7 cm³/mol. The van der Waals surface area contributed by atoms with Crippen LogP contribution in [-0.4, -0.2) is 61.6 Å². The Balaban J connectivity index is 2.73. The highest BCUT2D eigenvalue weighted by molar-refractivity contribution is 5.92. The number of hydrogen-bond donors (Lipinski definition) is 1. The molecule has 0 aliphatic rings. The molecule has 1 aromatic heterocycles. The summed E-state index contributed by atoms with van der Waals surface area (Å²) < 4.78 is 0. The van der Waals surface area contributed by atoms with Gasteiger partial charge in [0.25, 0.3) is 5.91 Å². The van der Waals surface area contributed by atoms with Crippen LogP contribution in [0.4, 0.5) is 5.82 Å². The minimum Gasteiger partial charge on any atom is -0.369 e. The zero-order valence-electron chi connectivity index (χ0n) is 11.5. The highest BCUT2D eigenvalue weighted by Crippen LogP contribution is 2.07. The third kappa shape index (κ3) is 5.62. The molecule has 1 heterocycles. The van der Waals surface area contributed by atoms with Gasteiger partial charge in [-0.1, -0.05) is 6.07 Å². The average molecular weight is 262 g/mol. The van der Waals surface area contributed by atoms with E-state index in [2.05, 4.69) is 20.5 Å². The first kappa shape index (κ1) is 14.6. The normalized spacial score (nSPS) is 10.9. The van der Waals surface area contributed by atoms with Crippen molar-refractivity contribution >= 4 is 24.4 Å². The van der Waals surface area contributed by atoms with Crippen LogP contribution in [0.1, 0.15) is 10.5 Å². The summed E-state index contributed by atoms with van der Waals surface area (Å²) in [5.41, 5.74) is 2.65. The number of nitrogens with one attached hydrogen (secondary N) is 1. The van der Waals surface area contributed by atoms with Crippen molar-refractivity contribution in [3.63, 3.8) is 0 Å². The lowest BCUT2D eigenvalue weighted by Gasteiger charge is -2.04. The summed E-state index contributed by atoms with van der Waals surface area (Å²) in [4.78, 5) is 23.5. The second-order valence-corrected chi connectivity index (χ2v) is 4.24. The molecule has 1 rings (SSSR count). The fraction of sp³-hybridized carbons (Fsp3) is 0.333. The van der Waals surface area contributed by atoms with Gasteiger partial charge in [0.05, 0.1) is 6.34 Å². The van der Waals surface area contributed by atoms with Crippen LogP contribution >= 0.6 is 0 Å².